The molecular formula is C16H24O4. The zero-order valence-corrected chi connectivity index (χ0v) is 12.5. The molecule has 4 nitrogen and oxygen atoms in total. The topological polar surface area (TPSA) is 36.9 Å². The van der Waals surface area contributed by atoms with Gasteiger partial charge in [-0.25, -0.2) is 0 Å². The highest BCUT2D eigenvalue weighted by Crippen LogP contribution is 2.25. The molecule has 1 aromatic rings. The average Bonchev–Trinajstić information content (AvgIpc) is 2.90. The number of methoxy groups -OCH3 is 2. The van der Waals surface area contributed by atoms with Gasteiger partial charge in [0.05, 0.1) is 32.5 Å². The van der Waals surface area contributed by atoms with E-state index >= 15 is 0 Å². The maximum Gasteiger partial charge on any atom is 0.118 e. The molecule has 0 amide bonds. The molecule has 20 heavy (non-hydrogen) atoms. The van der Waals surface area contributed by atoms with Crippen molar-refractivity contribution in [1.29, 1.82) is 0 Å². The highest BCUT2D eigenvalue weighted by atomic mass is 16.6. The molecule has 0 aromatic heterocycles. The van der Waals surface area contributed by atoms with E-state index in [-0.39, 0.29) is 12.2 Å². The molecule has 0 spiro atoms. The van der Waals surface area contributed by atoms with Crippen molar-refractivity contribution in [3.8, 4) is 5.75 Å². The molecule has 1 unspecified atom stereocenters. The van der Waals surface area contributed by atoms with Gasteiger partial charge in [0.15, 0.2) is 0 Å². The van der Waals surface area contributed by atoms with Crippen molar-refractivity contribution in [2.24, 2.45) is 0 Å². The largest absolute Gasteiger partial charge is 0.497 e. The lowest BCUT2D eigenvalue weighted by Gasteiger charge is -2.17. The Bertz CT molecular complexity index is 390. The van der Waals surface area contributed by atoms with Crippen LogP contribution in [-0.2, 0) is 20.8 Å². The molecule has 3 atom stereocenters. The van der Waals surface area contributed by atoms with Crippen molar-refractivity contribution in [3.63, 3.8) is 0 Å². The highest BCUT2D eigenvalue weighted by molar-refractivity contribution is 5.26. The van der Waals surface area contributed by atoms with Crippen LogP contribution in [0.3, 0.4) is 0 Å². The minimum absolute atomic E-state index is 0.0446. The predicted octanol–water partition coefficient (Wildman–Crippen LogP) is 2.79. The van der Waals surface area contributed by atoms with Crippen molar-refractivity contribution >= 4 is 0 Å². The van der Waals surface area contributed by atoms with Gasteiger partial charge in [0.25, 0.3) is 0 Å². The summed E-state index contributed by atoms with van der Waals surface area (Å²) in [5.41, 5.74) is 1.13. The predicted molar refractivity (Wildman–Crippen MR) is 77.0 cm³/mol. The first-order valence-electron chi connectivity index (χ1n) is 7.15. The van der Waals surface area contributed by atoms with Gasteiger partial charge in [-0.3, -0.25) is 0 Å². The second kappa shape index (κ2) is 7.62. The third-order valence-corrected chi connectivity index (χ3v) is 3.75. The summed E-state index contributed by atoms with van der Waals surface area (Å²) in [5, 5.41) is 0. The Kier molecular flexibility index (Phi) is 5.83. The molecule has 0 radical (unpaired) electrons. The third kappa shape index (κ3) is 3.95. The van der Waals surface area contributed by atoms with Crippen LogP contribution in [0.1, 0.15) is 25.3 Å². The van der Waals surface area contributed by atoms with Crippen LogP contribution in [0.25, 0.3) is 0 Å². The van der Waals surface area contributed by atoms with E-state index in [2.05, 4.69) is 6.92 Å². The zero-order chi connectivity index (χ0) is 14.4. The first kappa shape index (κ1) is 15.3. The van der Waals surface area contributed by atoms with Gasteiger partial charge in [0.2, 0.25) is 0 Å². The Morgan fingerprint density at radius 3 is 2.55 bits per heavy atom. The Morgan fingerprint density at radius 1 is 1.20 bits per heavy atom. The van der Waals surface area contributed by atoms with Crippen LogP contribution in [0.4, 0.5) is 0 Å². The van der Waals surface area contributed by atoms with E-state index in [1.807, 2.05) is 24.3 Å². The van der Waals surface area contributed by atoms with E-state index in [1.165, 1.54) is 0 Å². The normalized spacial score (nSPS) is 25.9. The molecule has 2 rings (SSSR count). The van der Waals surface area contributed by atoms with Gasteiger partial charge in [-0.2, -0.15) is 0 Å². The van der Waals surface area contributed by atoms with E-state index in [1.54, 1.807) is 14.2 Å². The molecule has 1 fully saturated rings. The van der Waals surface area contributed by atoms with Gasteiger partial charge in [-0.05, 0) is 24.1 Å². The van der Waals surface area contributed by atoms with Crippen LogP contribution >= 0.6 is 0 Å². The number of hydrogen-bond donors (Lipinski definition) is 0. The van der Waals surface area contributed by atoms with Crippen LogP contribution in [0.15, 0.2) is 24.3 Å². The monoisotopic (exact) mass is 280 g/mol. The van der Waals surface area contributed by atoms with E-state index < -0.39 is 0 Å². The molecule has 1 aromatic carbocycles. The second-order valence-corrected chi connectivity index (χ2v) is 5.08. The molecule has 1 heterocycles. The summed E-state index contributed by atoms with van der Waals surface area (Å²) in [7, 11) is 3.40. The van der Waals surface area contributed by atoms with Gasteiger partial charge in [-0.15, -0.1) is 0 Å². The molecular weight excluding hydrogens is 256 g/mol. The van der Waals surface area contributed by atoms with E-state index in [0.29, 0.717) is 19.3 Å². The number of hydrogen-bond acceptors (Lipinski definition) is 4. The molecule has 0 saturated carbocycles. The molecule has 1 aliphatic heterocycles. The third-order valence-electron chi connectivity index (χ3n) is 3.75. The Morgan fingerprint density at radius 2 is 1.95 bits per heavy atom. The maximum atomic E-state index is 5.92. The second-order valence-electron chi connectivity index (χ2n) is 5.08. The number of benzene rings is 1. The lowest BCUT2D eigenvalue weighted by molar-refractivity contribution is -0.0577. The van der Waals surface area contributed by atoms with Crippen molar-refractivity contribution in [2.45, 2.75) is 44.7 Å². The standard InChI is InChI=1S/C16H24O4/c1-4-13-9-15(18-3)16(20-13)11-19-10-12-5-7-14(17-2)8-6-12/h5-8,13,15-16H,4,9-11H2,1-3H3/t13?,15-,16-/m1/s1. The van der Waals surface area contributed by atoms with Crippen molar-refractivity contribution in [1.82, 2.24) is 0 Å². The molecule has 4 heteroatoms. The highest BCUT2D eigenvalue weighted by Gasteiger charge is 2.34. The minimum atomic E-state index is 0.0446. The smallest absolute Gasteiger partial charge is 0.118 e. The van der Waals surface area contributed by atoms with Crippen molar-refractivity contribution in [2.75, 3.05) is 20.8 Å². The summed E-state index contributed by atoms with van der Waals surface area (Å²) in [6.07, 6.45) is 2.48. The summed E-state index contributed by atoms with van der Waals surface area (Å²) >= 11 is 0. The molecule has 1 saturated heterocycles. The maximum absolute atomic E-state index is 5.92. The van der Waals surface area contributed by atoms with E-state index in [0.717, 1.165) is 24.2 Å². The first-order valence-corrected chi connectivity index (χ1v) is 7.15. The summed E-state index contributed by atoms with van der Waals surface area (Å²) in [6, 6.07) is 7.90. The summed E-state index contributed by atoms with van der Waals surface area (Å²) in [4.78, 5) is 0. The van der Waals surface area contributed by atoms with E-state index in [9.17, 15) is 0 Å². The minimum Gasteiger partial charge on any atom is -0.497 e. The Hall–Kier alpha value is -1.10. The lowest BCUT2D eigenvalue weighted by Crippen LogP contribution is -2.28. The molecule has 0 bridgehead atoms. The fourth-order valence-corrected chi connectivity index (χ4v) is 2.47. The SMILES string of the molecule is CCC1C[C@@H](OC)[C@@H](COCc2ccc(OC)cc2)O1. The number of ether oxygens (including phenoxy) is 4. The molecule has 0 aliphatic carbocycles. The number of rotatable bonds is 7. The fourth-order valence-electron chi connectivity index (χ4n) is 2.47. The van der Waals surface area contributed by atoms with Crippen molar-refractivity contribution in [3.05, 3.63) is 29.8 Å². The van der Waals surface area contributed by atoms with Gasteiger partial charge in [0.1, 0.15) is 11.9 Å². The van der Waals surface area contributed by atoms with Crippen molar-refractivity contribution < 1.29 is 18.9 Å². The Labute approximate surface area is 121 Å². The van der Waals surface area contributed by atoms with Crippen LogP contribution in [0.2, 0.25) is 0 Å². The molecule has 0 N–H and O–H groups in total. The molecule has 112 valence electrons. The quantitative estimate of drug-likeness (QED) is 0.769. The van der Waals surface area contributed by atoms with Gasteiger partial charge in [-0.1, -0.05) is 19.1 Å². The Balaban J connectivity index is 1.77. The van der Waals surface area contributed by atoms with E-state index in [4.69, 9.17) is 18.9 Å². The van der Waals surface area contributed by atoms with Crippen LogP contribution in [0.5, 0.6) is 5.75 Å². The average molecular weight is 280 g/mol. The summed E-state index contributed by atoms with van der Waals surface area (Å²) in [6.45, 7) is 3.29. The van der Waals surface area contributed by atoms with Gasteiger partial charge < -0.3 is 18.9 Å². The summed E-state index contributed by atoms with van der Waals surface area (Å²) < 4.78 is 22.3. The fraction of sp³-hybridized carbons (Fsp3) is 0.625. The van der Waals surface area contributed by atoms with Gasteiger partial charge in [0, 0.05) is 13.5 Å². The molecule has 1 aliphatic rings. The lowest BCUT2D eigenvalue weighted by atomic mass is 10.1. The van der Waals surface area contributed by atoms with Crippen LogP contribution in [0, 0.1) is 0 Å². The van der Waals surface area contributed by atoms with Gasteiger partial charge >= 0.3 is 0 Å². The summed E-state index contributed by atoms with van der Waals surface area (Å²) in [5.74, 6) is 0.859. The zero-order valence-electron chi connectivity index (χ0n) is 12.5. The van der Waals surface area contributed by atoms with Crippen LogP contribution < -0.4 is 4.74 Å². The van der Waals surface area contributed by atoms with Crippen LogP contribution in [-0.4, -0.2) is 39.1 Å². The first-order chi connectivity index (χ1) is 9.76.